The zero-order chi connectivity index (χ0) is 31.3. The Kier molecular flexibility index (Phi) is 9.29. The molecule has 10 heteroatoms. The molecule has 0 aromatic heterocycles. The van der Waals surface area contributed by atoms with Gasteiger partial charge in [0.2, 0.25) is 0 Å². The van der Waals surface area contributed by atoms with E-state index in [0.29, 0.717) is 37.1 Å². The van der Waals surface area contributed by atoms with Crippen molar-refractivity contribution in [2.24, 2.45) is 9.98 Å². The maximum absolute atomic E-state index is 12.8. The van der Waals surface area contributed by atoms with Crippen molar-refractivity contribution in [3.63, 3.8) is 0 Å². The van der Waals surface area contributed by atoms with Crippen LogP contribution < -0.4 is 21.3 Å². The van der Waals surface area contributed by atoms with Gasteiger partial charge in [-0.05, 0) is 58.7 Å². The first kappa shape index (κ1) is 30.4. The molecule has 2 fully saturated rings. The fraction of sp³-hybridized carbons (Fsp3) is 0.389. The van der Waals surface area contributed by atoms with Gasteiger partial charge in [0.1, 0.15) is 0 Å². The summed E-state index contributed by atoms with van der Waals surface area (Å²) in [5, 5.41) is 12.9. The molecule has 0 unspecified atom stereocenters. The minimum Gasteiger partial charge on any atom is -0.351 e. The molecular weight excluding hydrogens is 576 g/mol. The third-order valence-corrected chi connectivity index (χ3v) is 9.31. The molecule has 0 radical (unpaired) electrons. The van der Waals surface area contributed by atoms with Crippen LogP contribution in [0.5, 0.6) is 0 Å². The van der Waals surface area contributed by atoms with E-state index in [1.807, 2.05) is 36.4 Å². The Hall–Kier alpha value is -4.22. The van der Waals surface area contributed by atoms with Crippen molar-refractivity contribution in [1.82, 2.24) is 31.1 Å². The van der Waals surface area contributed by atoms with Crippen molar-refractivity contribution >= 4 is 34.6 Å². The van der Waals surface area contributed by atoms with Crippen LogP contribution in [0.2, 0.25) is 0 Å². The Balaban J connectivity index is 0.914. The van der Waals surface area contributed by atoms with Gasteiger partial charge in [-0.1, -0.05) is 24.3 Å². The first-order chi connectivity index (χ1) is 22.6. The zero-order valence-electron chi connectivity index (χ0n) is 26.3. The van der Waals surface area contributed by atoms with E-state index in [1.165, 1.54) is 0 Å². The standard InChI is InChI=1S/C36H42N8O2/c45-35(39-13-19-43-15-9-37-10-16-43)27-5-7-31-29(21-27)23-33(41-31)25-1-2-26(4-3-25)34-24-30-22-28(6-8-32(30)42-34)36(46)40-14-20-44-17-11-38-12-18-44/h1-8,21-22,37-38H,9-20,23-24H2,(H,39,45)(H,40,46). The van der Waals surface area contributed by atoms with Crippen LogP contribution in [0.25, 0.3) is 0 Å². The van der Waals surface area contributed by atoms with Gasteiger partial charge in [0, 0.05) is 103 Å². The zero-order valence-corrected chi connectivity index (χ0v) is 26.3. The first-order valence-corrected chi connectivity index (χ1v) is 16.5. The van der Waals surface area contributed by atoms with Crippen molar-refractivity contribution in [2.75, 3.05) is 78.5 Å². The topological polar surface area (TPSA) is 113 Å². The highest BCUT2D eigenvalue weighted by Gasteiger charge is 2.21. The van der Waals surface area contributed by atoms with Crippen LogP contribution in [0.3, 0.4) is 0 Å². The van der Waals surface area contributed by atoms with Crippen LogP contribution in [0.4, 0.5) is 11.4 Å². The summed E-state index contributed by atoms with van der Waals surface area (Å²) < 4.78 is 0. The largest absolute Gasteiger partial charge is 0.351 e. The fourth-order valence-electron chi connectivity index (χ4n) is 6.60. The monoisotopic (exact) mass is 618 g/mol. The lowest BCUT2D eigenvalue weighted by atomic mass is 9.98. The molecular formula is C36H42N8O2. The highest BCUT2D eigenvalue weighted by molar-refractivity contribution is 6.10. The van der Waals surface area contributed by atoms with Gasteiger partial charge >= 0.3 is 0 Å². The molecule has 2 amide bonds. The minimum atomic E-state index is -0.0346. The van der Waals surface area contributed by atoms with Crippen LogP contribution in [0.1, 0.15) is 43.0 Å². The summed E-state index contributed by atoms with van der Waals surface area (Å²) in [5.41, 5.74) is 9.51. The maximum Gasteiger partial charge on any atom is 0.251 e. The van der Waals surface area contributed by atoms with Gasteiger partial charge in [0.15, 0.2) is 0 Å². The third-order valence-electron chi connectivity index (χ3n) is 9.31. The minimum absolute atomic E-state index is 0.0346. The quantitative estimate of drug-likeness (QED) is 0.278. The number of hydrogen-bond acceptors (Lipinski definition) is 8. The SMILES string of the molecule is O=C(NCCN1CCNCC1)c1ccc2c(c1)CC(c1ccc(C3=Nc4ccc(C(=O)NCCN5CCNCC5)cc4C3)cc1)=N2. The van der Waals surface area contributed by atoms with Crippen LogP contribution >= 0.6 is 0 Å². The Morgan fingerprint density at radius 1 is 0.609 bits per heavy atom. The van der Waals surface area contributed by atoms with Crippen molar-refractivity contribution in [2.45, 2.75) is 12.8 Å². The molecule has 4 aliphatic heterocycles. The molecule has 4 aliphatic rings. The average Bonchev–Trinajstić information content (AvgIpc) is 3.73. The number of nitrogens with zero attached hydrogens (tertiary/aromatic N) is 4. The van der Waals surface area contributed by atoms with E-state index in [0.717, 1.165) is 110 Å². The molecule has 0 bridgehead atoms. The van der Waals surface area contributed by atoms with Gasteiger partial charge in [-0.15, -0.1) is 0 Å². The van der Waals surface area contributed by atoms with Gasteiger partial charge in [0.05, 0.1) is 22.8 Å². The molecule has 10 nitrogen and oxygen atoms in total. The third kappa shape index (κ3) is 7.10. The second-order valence-corrected chi connectivity index (χ2v) is 12.4. The van der Waals surface area contributed by atoms with Crippen molar-refractivity contribution in [3.8, 4) is 0 Å². The van der Waals surface area contributed by atoms with Gasteiger partial charge in [0.25, 0.3) is 11.8 Å². The van der Waals surface area contributed by atoms with Crippen molar-refractivity contribution in [3.05, 3.63) is 94.0 Å². The molecule has 4 heterocycles. The average molecular weight is 619 g/mol. The van der Waals surface area contributed by atoms with E-state index in [2.05, 4.69) is 55.3 Å². The van der Waals surface area contributed by atoms with Gasteiger partial charge in [-0.2, -0.15) is 0 Å². The number of benzene rings is 3. The lowest BCUT2D eigenvalue weighted by Gasteiger charge is -2.27. The molecule has 2 saturated heterocycles. The summed E-state index contributed by atoms with van der Waals surface area (Å²) in [6.45, 7) is 11.2. The van der Waals surface area contributed by atoms with E-state index >= 15 is 0 Å². The Morgan fingerprint density at radius 2 is 1.02 bits per heavy atom. The molecule has 3 aromatic carbocycles. The number of hydrogen-bond donors (Lipinski definition) is 4. The Labute approximate surface area is 270 Å². The number of carbonyl (C=O) groups is 2. The number of carbonyl (C=O) groups excluding carboxylic acids is 2. The molecule has 4 N–H and O–H groups in total. The number of nitrogens with one attached hydrogen (secondary N) is 4. The summed E-state index contributed by atoms with van der Waals surface area (Å²) in [4.78, 5) is 40.1. The fourth-order valence-corrected chi connectivity index (χ4v) is 6.60. The van der Waals surface area contributed by atoms with E-state index in [9.17, 15) is 9.59 Å². The molecule has 0 atom stereocenters. The van der Waals surface area contributed by atoms with Gasteiger partial charge in [-0.3, -0.25) is 29.4 Å². The summed E-state index contributed by atoms with van der Waals surface area (Å²) in [6, 6.07) is 20.0. The number of aliphatic imine (C=N–C) groups is 2. The molecule has 0 spiro atoms. The Morgan fingerprint density at radius 3 is 1.43 bits per heavy atom. The van der Waals surface area contributed by atoms with Gasteiger partial charge in [-0.25, -0.2) is 0 Å². The van der Waals surface area contributed by atoms with Crippen LogP contribution in [0.15, 0.2) is 70.6 Å². The molecule has 0 aliphatic carbocycles. The number of fused-ring (bicyclic) bond motifs is 2. The highest BCUT2D eigenvalue weighted by Crippen LogP contribution is 2.32. The van der Waals surface area contributed by atoms with Crippen LogP contribution in [-0.2, 0) is 12.8 Å². The van der Waals surface area contributed by atoms with E-state index in [-0.39, 0.29) is 11.8 Å². The Bertz CT molecular complexity index is 1530. The molecule has 7 rings (SSSR count). The molecule has 238 valence electrons. The summed E-state index contributed by atoms with van der Waals surface area (Å²) in [6.07, 6.45) is 1.39. The molecule has 0 saturated carbocycles. The predicted molar refractivity (Wildman–Crippen MR) is 182 cm³/mol. The second kappa shape index (κ2) is 14.0. The van der Waals surface area contributed by atoms with Gasteiger partial charge < -0.3 is 21.3 Å². The second-order valence-electron chi connectivity index (χ2n) is 12.4. The van der Waals surface area contributed by atoms with Crippen LogP contribution in [0, 0.1) is 0 Å². The van der Waals surface area contributed by atoms with Crippen molar-refractivity contribution in [1.29, 1.82) is 0 Å². The maximum atomic E-state index is 12.8. The summed E-state index contributed by atoms with van der Waals surface area (Å²) in [5.74, 6) is -0.0692. The molecule has 3 aromatic rings. The van der Waals surface area contributed by atoms with E-state index in [4.69, 9.17) is 9.98 Å². The summed E-state index contributed by atoms with van der Waals surface area (Å²) in [7, 11) is 0. The number of rotatable bonds is 10. The molecule has 46 heavy (non-hydrogen) atoms. The predicted octanol–water partition coefficient (Wildman–Crippen LogP) is 2.31. The normalized spacial score (nSPS) is 18.0. The van der Waals surface area contributed by atoms with E-state index < -0.39 is 0 Å². The van der Waals surface area contributed by atoms with E-state index in [1.54, 1.807) is 0 Å². The van der Waals surface area contributed by atoms with Crippen LogP contribution in [-0.4, -0.2) is 112 Å². The lowest BCUT2D eigenvalue weighted by Crippen LogP contribution is -2.46. The number of amides is 2. The van der Waals surface area contributed by atoms with Crippen molar-refractivity contribution < 1.29 is 9.59 Å². The first-order valence-electron chi connectivity index (χ1n) is 16.5. The highest BCUT2D eigenvalue weighted by atomic mass is 16.2. The number of piperazine rings is 2. The summed E-state index contributed by atoms with van der Waals surface area (Å²) >= 11 is 0. The lowest BCUT2D eigenvalue weighted by molar-refractivity contribution is 0.0939. The smallest absolute Gasteiger partial charge is 0.251 e.